The van der Waals surface area contributed by atoms with Crippen LogP contribution in [0.1, 0.15) is 45.3 Å². The maximum atomic E-state index is 11.2. The molecule has 208 valence electrons. The van der Waals surface area contributed by atoms with Gasteiger partial charge in [-0.15, -0.1) is 0 Å². The SMILES string of the molecule is CCCN(CCC)c1ccc2cc(-c3ccc(/C=C(\C#N)C(N)=O)o3)ccc2c1.OCC1CC(O)CC(O)O1. The van der Waals surface area contributed by atoms with Crippen molar-refractivity contribution >= 4 is 28.4 Å². The first-order valence-electron chi connectivity index (χ1n) is 13.2. The Bertz CT molecular complexity index is 1300. The molecule has 1 amide bonds. The molecule has 1 saturated heterocycles. The molecule has 0 aliphatic carbocycles. The third-order valence-electron chi connectivity index (χ3n) is 6.32. The largest absolute Gasteiger partial charge is 0.457 e. The van der Waals surface area contributed by atoms with E-state index < -0.39 is 24.4 Å². The molecule has 0 bridgehead atoms. The van der Waals surface area contributed by atoms with Crippen LogP contribution < -0.4 is 10.6 Å². The smallest absolute Gasteiger partial charge is 0.259 e. The van der Waals surface area contributed by atoms with Crippen LogP contribution in [-0.4, -0.2) is 59.4 Å². The van der Waals surface area contributed by atoms with E-state index in [9.17, 15) is 4.79 Å². The zero-order valence-corrected chi connectivity index (χ0v) is 22.4. The van der Waals surface area contributed by atoms with Gasteiger partial charge in [0, 0.05) is 43.3 Å². The zero-order chi connectivity index (χ0) is 28.4. The number of carbonyl (C=O) groups excluding carboxylic acids is 1. The highest BCUT2D eigenvalue weighted by atomic mass is 16.6. The van der Waals surface area contributed by atoms with Gasteiger partial charge in [0.2, 0.25) is 0 Å². The lowest BCUT2D eigenvalue weighted by Crippen LogP contribution is -2.37. The zero-order valence-electron chi connectivity index (χ0n) is 22.4. The fourth-order valence-corrected chi connectivity index (χ4v) is 4.46. The highest BCUT2D eigenvalue weighted by molar-refractivity contribution is 6.00. The first-order chi connectivity index (χ1) is 18.8. The highest BCUT2D eigenvalue weighted by Crippen LogP contribution is 2.29. The third-order valence-corrected chi connectivity index (χ3v) is 6.32. The Hall–Kier alpha value is -3.68. The molecule has 0 radical (unpaired) electrons. The van der Waals surface area contributed by atoms with Crippen molar-refractivity contribution in [2.75, 3.05) is 24.6 Å². The summed E-state index contributed by atoms with van der Waals surface area (Å²) >= 11 is 0. The Morgan fingerprint density at radius 2 is 1.77 bits per heavy atom. The highest BCUT2D eigenvalue weighted by Gasteiger charge is 2.26. The fourth-order valence-electron chi connectivity index (χ4n) is 4.46. The molecule has 3 unspecified atom stereocenters. The minimum absolute atomic E-state index is 0.138. The first-order valence-corrected chi connectivity index (χ1v) is 13.2. The van der Waals surface area contributed by atoms with E-state index in [1.165, 1.54) is 17.1 Å². The van der Waals surface area contributed by atoms with Crippen molar-refractivity contribution < 1.29 is 29.3 Å². The van der Waals surface area contributed by atoms with E-state index in [0.29, 0.717) is 17.9 Å². The summed E-state index contributed by atoms with van der Waals surface area (Å²) in [5.74, 6) is 0.315. The summed E-state index contributed by atoms with van der Waals surface area (Å²) in [5.41, 5.74) is 7.21. The maximum Gasteiger partial charge on any atom is 0.259 e. The molecular formula is C30H37N3O6. The van der Waals surface area contributed by atoms with Crippen LogP contribution in [0.15, 0.2) is 58.5 Å². The number of primary amides is 1. The molecule has 5 N–H and O–H groups in total. The molecule has 1 fully saturated rings. The summed E-state index contributed by atoms with van der Waals surface area (Å²) in [5, 5.41) is 37.8. The number of hydrogen-bond acceptors (Lipinski definition) is 8. The number of nitriles is 1. The van der Waals surface area contributed by atoms with Crippen molar-refractivity contribution in [1.29, 1.82) is 5.26 Å². The minimum atomic E-state index is -0.916. The van der Waals surface area contributed by atoms with Gasteiger partial charge in [0.1, 0.15) is 23.2 Å². The number of aliphatic hydroxyl groups is 3. The van der Waals surface area contributed by atoms with E-state index in [4.69, 9.17) is 35.5 Å². The number of nitrogens with zero attached hydrogens (tertiary/aromatic N) is 2. The molecular weight excluding hydrogens is 498 g/mol. The van der Waals surface area contributed by atoms with Gasteiger partial charge in [0.15, 0.2) is 6.29 Å². The Morgan fingerprint density at radius 1 is 1.08 bits per heavy atom. The van der Waals surface area contributed by atoms with Crippen molar-refractivity contribution in [3.8, 4) is 17.4 Å². The van der Waals surface area contributed by atoms with Gasteiger partial charge in [-0.3, -0.25) is 4.79 Å². The lowest BCUT2D eigenvalue weighted by atomic mass is 10.0. The molecule has 3 aromatic rings. The number of amides is 1. The molecule has 9 heteroatoms. The van der Waals surface area contributed by atoms with Crippen LogP contribution in [-0.2, 0) is 9.53 Å². The molecule has 2 heterocycles. The second-order valence-electron chi connectivity index (χ2n) is 9.49. The van der Waals surface area contributed by atoms with E-state index in [1.54, 1.807) is 12.1 Å². The normalized spacial score (nSPS) is 19.2. The molecule has 9 nitrogen and oxygen atoms in total. The minimum Gasteiger partial charge on any atom is -0.457 e. The van der Waals surface area contributed by atoms with E-state index in [2.05, 4.69) is 49.1 Å². The molecule has 4 rings (SSSR count). The van der Waals surface area contributed by atoms with Crippen LogP contribution >= 0.6 is 0 Å². The van der Waals surface area contributed by atoms with Gasteiger partial charge in [-0.05, 0) is 53.9 Å². The monoisotopic (exact) mass is 535 g/mol. The topological polar surface area (TPSA) is 153 Å². The van der Waals surface area contributed by atoms with Crippen molar-refractivity contribution in [3.05, 3.63) is 59.9 Å². The molecule has 39 heavy (non-hydrogen) atoms. The number of rotatable bonds is 9. The van der Waals surface area contributed by atoms with Gasteiger partial charge in [0.25, 0.3) is 5.91 Å². The summed E-state index contributed by atoms with van der Waals surface area (Å²) < 4.78 is 10.6. The van der Waals surface area contributed by atoms with Crippen LogP contribution in [0.2, 0.25) is 0 Å². The van der Waals surface area contributed by atoms with Crippen LogP contribution in [0, 0.1) is 11.3 Å². The lowest BCUT2D eigenvalue weighted by molar-refractivity contribution is -0.197. The Labute approximate surface area is 228 Å². The van der Waals surface area contributed by atoms with Crippen LogP contribution in [0.4, 0.5) is 5.69 Å². The molecule has 1 aliphatic rings. The Morgan fingerprint density at radius 3 is 2.38 bits per heavy atom. The quantitative estimate of drug-likeness (QED) is 0.237. The first kappa shape index (κ1) is 29.9. The molecule has 0 spiro atoms. The van der Waals surface area contributed by atoms with Crippen LogP contribution in [0.25, 0.3) is 28.2 Å². The van der Waals surface area contributed by atoms with Gasteiger partial charge in [-0.25, -0.2) is 0 Å². The van der Waals surface area contributed by atoms with Crippen molar-refractivity contribution in [2.24, 2.45) is 5.73 Å². The van der Waals surface area contributed by atoms with Crippen molar-refractivity contribution in [2.45, 2.75) is 58.0 Å². The lowest BCUT2D eigenvalue weighted by Gasteiger charge is -2.28. The van der Waals surface area contributed by atoms with Crippen LogP contribution in [0.3, 0.4) is 0 Å². The van der Waals surface area contributed by atoms with Gasteiger partial charge in [0.05, 0.1) is 18.8 Å². The predicted octanol–water partition coefficient (Wildman–Crippen LogP) is 3.96. The van der Waals surface area contributed by atoms with Crippen molar-refractivity contribution in [3.63, 3.8) is 0 Å². The van der Waals surface area contributed by atoms with Gasteiger partial charge in [-0.2, -0.15) is 5.26 Å². The number of furan rings is 1. The second-order valence-corrected chi connectivity index (χ2v) is 9.49. The molecule has 0 saturated carbocycles. The Kier molecular flexibility index (Phi) is 11.1. The summed E-state index contributed by atoms with van der Waals surface area (Å²) in [7, 11) is 0. The number of hydrogen-bond donors (Lipinski definition) is 4. The summed E-state index contributed by atoms with van der Waals surface area (Å²) in [4.78, 5) is 13.6. The number of anilines is 1. The predicted molar refractivity (Wildman–Crippen MR) is 150 cm³/mol. The summed E-state index contributed by atoms with van der Waals surface area (Å²) in [6.45, 7) is 6.36. The van der Waals surface area contributed by atoms with Gasteiger partial charge < -0.3 is 35.1 Å². The number of nitrogens with two attached hydrogens (primary N) is 1. The average molecular weight is 536 g/mol. The van der Waals surface area contributed by atoms with Gasteiger partial charge in [-0.1, -0.05) is 32.0 Å². The fraction of sp³-hybridized carbons (Fsp3) is 0.400. The van der Waals surface area contributed by atoms with Gasteiger partial charge >= 0.3 is 0 Å². The number of aliphatic hydroxyl groups excluding tert-OH is 3. The summed E-state index contributed by atoms with van der Waals surface area (Å²) in [6.07, 6.45) is 2.39. The second kappa shape index (κ2) is 14.5. The number of ether oxygens (including phenoxy) is 1. The third kappa shape index (κ3) is 8.40. The number of carbonyl (C=O) groups is 1. The number of benzene rings is 2. The van der Waals surface area contributed by atoms with E-state index in [0.717, 1.165) is 36.9 Å². The molecule has 1 aliphatic heterocycles. The summed E-state index contributed by atoms with van der Waals surface area (Å²) in [6, 6.07) is 18.0. The molecule has 3 atom stereocenters. The van der Waals surface area contributed by atoms with Crippen LogP contribution in [0.5, 0.6) is 0 Å². The molecule has 1 aromatic heterocycles. The standard InChI is InChI=1S/C24H25N3O2.C6H12O4/c1-3-11-27(12-4-2)21-8-7-17-13-19(6-5-18(17)14-21)23-10-9-22(29-23)15-20(16-25)24(26)28;7-3-5-1-4(8)2-6(9)10-5/h5-10,13-15H,3-4,11-12H2,1-2H3,(H2,26,28);4-9H,1-3H2/b20-15+;. The van der Waals surface area contributed by atoms with E-state index in [1.807, 2.05) is 12.1 Å². The Balaban J connectivity index is 0.000000353. The molecule has 2 aromatic carbocycles. The van der Waals surface area contributed by atoms with Crippen molar-refractivity contribution in [1.82, 2.24) is 0 Å². The average Bonchev–Trinajstić information content (AvgIpc) is 3.39. The maximum absolute atomic E-state index is 11.2. The van der Waals surface area contributed by atoms with E-state index >= 15 is 0 Å². The number of fused-ring (bicyclic) bond motifs is 1. The van der Waals surface area contributed by atoms with E-state index in [-0.39, 0.29) is 18.6 Å².